The average Bonchev–Trinajstić information content (AvgIpc) is 3.04. The molecule has 1 aliphatic heterocycles. The Hall–Kier alpha value is -2.26. The van der Waals surface area contributed by atoms with Crippen molar-refractivity contribution in [2.24, 2.45) is 0 Å². The molecule has 1 saturated heterocycles. The normalized spacial score (nSPS) is 22.1. The molecule has 2 fully saturated rings. The SMILES string of the molecule is COc1ccc(C2CCCN2CC(=O)NC2(C#N)CCCCCC2)c(OC)c1. The summed E-state index contributed by atoms with van der Waals surface area (Å²) in [6.45, 7) is 1.18. The Morgan fingerprint density at radius 2 is 1.96 bits per heavy atom. The minimum atomic E-state index is -0.694. The van der Waals surface area contributed by atoms with Crippen molar-refractivity contribution in [2.45, 2.75) is 62.9 Å². The van der Waals surface area contributed by atoms with Crippen LogP contribution in [-0.2, 0) is 4.79 Å². The van der Waals surface area contributed by atoms with Gasteiger partial charge in [-0.05, 0) is 38.3 Å². The second-order valence-corrected chi connectivity index (χ2v) is 7.89. The molecule has 0 aromatic heterocycles. The number of hydrogen-bond donors (Lipinski definition) is 1. The first kappa shape index (κ1) is 20.5. The molecule has 1 aromatic carbocycles. The first-order chi connectivity index (χ1) is 13.6. The van der Waals surface area contributed by atoms with Crippen LogP contribution in [0, 0.1) is 11.3 Å². The monoisotopic (exact) mass is 385 g/mol. The topological polar surface area (TPSA) is 74.6 Å². The van der Waals surface area contributed by atoms with E-state index in [1.807, 2.05) is 18.2 Å². The van der Waals surface area contributed by atoms with Crippen molar-refractivity contribution < 1.29 is 14.3 Å². The zero-order chi connectivity index (χ0) is 20.0. The van der Waals surface area contributed by atoms with Crippen LogP contribution in [0.1, 0.15) is 63.0 Å². The molecular formula is C22H31N3O3. The number of hydrogen-bond acceptors (Lipinski definition) is 5. The number of nitrogens with zero attached hydrogens (tertiary/aromatic N) is 2. The summed E-state index contributed by atoms with van der Waals surface area (Å²) in [5.41, 5.74) is 0.388. The van der Waals surface area contributed by atoms with Crippen LogP contribution >= 0.6 is 0 Å². The van der Waals surface area contributed by atoms with Gasteiger partial charge in [-0.3, -0.25) is 9.69 Å². The van der Waals surface area contributed by atoms with Gasteiger partial charge in [0.25, 0.3) is 0 Å². The van der Waals surface area contributed by atoms with Crippen molar-refractivity contribution in [1.29, 1.82) is 5.26 Å². The molecule has 2 aliphatic rings. The third kappa shape index (κ3) is 4.59. The van der Waals surface area contributed by atoms with E-state index >= 15 is 0 Å². The first-order valence-corrected chi connectivity index (χ1v) is 10.3. The van der Waals surface area contributed by atoms with E-state index in [2.05, 4.69) is 16.3 Å². The Morgan fingerprint density at radius 3 is 2.61 bits per heavy atom. The standard InChI is InChI=1S/C22H31N3O3/c1-27-17-9-10-18(20(14-17)28-2)19-8-7-13-25(19)15-21(26)24-22(16-23)11-5-3-4-6-12-22/h9-10,14,19H,3-8,11-13,15H2,1-2H3,(H,24,26). The van der Waals surface area contributed by atoms with Gasteiger partial charge in [0.05, 0.1) is 26.8 Å². The Bertz CT molecular complexity index is 720. The van der Waals surface area contributed by atoms with E-state index in [4.69, 9.17) is 9.47 Å². The van der Waals surface area contributed by atoms with Gasteiger partial charge in [-0.25, -0.2) is 0 Å². The molecule has 1 atom stereocenters. The lowest BCUT2D eigenvalue weighted by Gasteiger charge is -2.30. The van der Waals surface area contributed by atoms with Crippen molar-refractivity contribution in [3.8, 4) is 17.6 Å². The molecule has 0 radical (unpaired) electrons. The van der Waals surface area contributed by atoms with E-state index in [0.717, 1.165) is 75.0 Å². The second kappa shape index (κ2) is 9.29. The summed E-state index contributed by atoms with van der Waals surface area (Å²) in [5.74, 6) is 1.49. The minimum absolute atomic E-state index is 0.0529. The molecule has 1 heterocycles. The summed E-state index contributed by atoms with van der Waals surface area (Å²) in [7, 11) is 3.30. The van der Waals surface area contributed by atoms with Crippen LogP contribution < -0.4 is 14.8 Å². The first-order valence-electron chi connectivity index (χ1n) is 10.3. The number of nitrogens with one attached hydrogen (secondary N) is 1. The number of benzene rings is 1. The Labute approximate surface area is 167 Å². The van der Waals surface area contributed by atoms with Crippen molar-refractivity contribution >= 4 is 5.91 Å². The fourth-order valence-corrected chi connectivity index (χ4v) is 4.55. The fourth-order valence-electron chi connectivity index (χ4n) is 4.55. The highest BCUT2D eigenvalue weighted by molar-refractivity contribution is 5.79. The van der Waals surface area contributed by atoms with Crippen LogP contribution in [-0.4, -0.2) is 43.7 Å². The van der Waals surface area contributed by atoms with E-state index in [9.17, 15) is 10.1 Å². The van der Waals surface area contributed by atoms with Crippen LogP contribution in [0.4, 0.5) is 0 Å². The molecule has 1 saturated carbocycles. The number of nitriles is 1. The molecule has 6 nitrogen and oxygen atoms in total. The highest BCUT2D eigenvalue weighted by atomic mass is 16.5. The molecule has 1 aromatic rings. The molecule has 152 valence electrons. The largest absolute Gasteiger partial charge is 0.497 e. The number of methoxy groups -OCH3 is 2. The van der Waals surface area contributed by atoms with Crippen LogP contribution in [0.25, 0.3) is 0 Å². The van der Waals surface area contributed by atoms with Crippen LogP contribution in [0.3, 0.4) is 0 Å². The highest BCUT2D eigenvalue weighted by Crippen LogP contribution is 2.38. The second-order valence-electron chi connectivity index (χ2n) is 7.89. The Balaban J connectivity index is 1.70. The van der Waals surface area contributed by atoms with E-state index in [1.165, 1.54) is 0 Å². The van der Waals surface area contributed by atoms with Gasteiger partial charge in [-0.2, -0.15) is 5.26 Å². The van der Waals surface area contributed by atoms with Gasteiger partial charge in [0.2, 0.25) is 5.91 Å². The van der Waals surface area contributed by atoms with Gasteiger partial charge in [-0.15, -0.1) is 0 Å². The van der Waals surface area contributed by atoms with E-state index in [1.54, 1.807) is 14.2 Å². The number of ether oxygens (including phenoxy) is 2. The van der Waals surface area contributed by atoms with Crippen LogP contribution in [0.2, 0.25) is 0 Å². The number of carbonyl (C=O) groups is 1. The van der Waals surface area contributed by atoms with Crippen molar-refractivity contribution in [2.75, 3.05) is 27.3 Å². The van der Waals surface area contributed by atoms with E-state index in [0.29, 0.717) is 6.54 Å². The van der Waals surface area contributed by atoms with Crippen molar-refractivity contribution in [3.63, 3.8) is 0 Å². The summed E-state index contributed by atoms with van der Waals surface area (Å²) >= 11 is 0. The maximum absolute atomic E-state index is 12.8. The Morgan fingerprint density at radius 1 is 1.21 bits per heavy atom. The van der Waals surface area contributed by atoms with Gasteiger partial charge < -0.3 is 14.8 Å². The molecule has 6 heteroatoms. The summed E-state index contributed by atoms with van der Waals surface area (Å²) in [6.07, 6.45) is 7.83. The molecule has 1 aliphatic carbocycles. The summed E-state index contributed by atoms with van der Waals surface area (Å²) in [4.78, 5) is 15.0. The van der Waals surface area contributed by atoms with Crippen LogP contribution in [0.5, 0.6) is 11.5 Å². The predicted molar refractivity (Wildman–Crippen MR) is 107 cm³/mol. The maximum atomic E-state index is 12.8. The fraction of sp³-hybridized carbons (Fsp3) is 0.636. The lowest BCUT2D eigenvalue weighted by Crippen LogP contribution is -2.50. The maximum Gasteiger partial charge on any atom is 0.235 e. The number of amides is 1. The van der Waals surface area contributed by atoms with Gasteiger partial charge >= 0.3 is 0 Å². The molecule has 28 heavy (non-hydrogen) atoms. The molecular weight excluding hydrogens is 354 g/mol. The van der Waals surface area contributed by atoms with E-state index < -0.39 is 5.54 Å². The zero-order valence-electron chi connectivity index (χ0n) is 17.0. The molecule has 0 bridgehead atoms. The predicted octanol–water partition coefficient (Wildman–Crippen LogP) is 3.57. The lowest BCUT2D eigenvalue weighted by atomic mass is 9.92. The van der Waals surface area contributed by atoms with Crippen molar-refractivity contribution in [1.82, 2.24) is 10.2 Å². The third-order valence-corrected chi connectivity index (χ3v) is 6.06. The summed E-state index contributed by atoms with van der Waals surface area (Å²) in [5, 5.41) is 12.8. The van der Waals surface area contributed by atoms with E-state index in [-0.39, 0.29) is 11.9 Å². The van der Waals surface area contributed by atoms with Gasteiger partial charge in [-0.1, -0.05) is 31.7 Å². The minimum Gasteiger partial charge on any atom is -0.497 e. The quantitative estimate of drug-likeness (QED) is 0.758. The number of likely N-dealkylation sites (tertiary alicyclic amines) is 1. The van der Waals surface area contributed by atoms with Crippen LogP contribution in [0.15, 0.2) is 18.2 Å². The third-order valence-electron chi connectivity index (χ3n) is 6.06. The zero-order valence-corrected chi connectivity index (χ0v) is 17.0. The summed E-state index contributed by atoms with van der Waals surface area (Å²) < 4.78 is 10.9. The van der Waals surface area contributed by atoms with Crippen molar-refractivity contribution in [3.05, 3.63) is 23.8 Å². The van der Waals surface area contributed by atoms with Gasteiger partial charge in [0, 0.05) is 17.7 Å². The summed E-state index contributed by atoms with van der Waals surface area (Å²) in [6, 6.07) is 8.39. The van der Waals surface area contributed by atoms with Gasteiger partial charge in [0.1, 0.15) is 17.0 Å². The molecule has 0 spiro atoms. The smallest absolute Gasteiger partial charge is 0.235 e. The molecule has 1 amide bonds. The molecule has 1 unspecified atom stereocenters. The lowest BCUT2D eigenvalue weighted by molar-refractivity contribution is -0.124. The number of rotatable bonds is 6. The average molecular weight is 386 g/mol. The highest BCUT2D eigenvalue weighted by Gasteiger charge is 2.35. The molecule has 1 N–H and O–H groups in total. The number of carbonyl (C=O) groups excluding carboxylic acids is 1. The Kier molecular flexibility index (Phi) is 6.79. The van der Waals surface area contributed by atoms with Gasteiger partial charge in [0.15, 0.2) is 0 Å². The molecule has 3 rings (SSSR count).